The van der Waals surface area contributed by atoms with Gasteiger partial charge in [-0.3, -0.25) is 9.69 Å². The molecule has 6 nitrogen and oxygen atoms in total. The van der Waals surface area contributed by atoms with Crippen LogP contribution in [0.3, 0.4) is 0 Å². The maximum absolute atomic E-state index is 12.5. The number of imide groups is 1. The summed E-state index contributed by atoms with van der Waals surface area (Å²) in [4.78, 5) is 27.7. The number of rotatable bonds is 5. The molecule has 3 amide bonds. The molecule has 0 radical (unpaired) electrons. The Labute approximate surface area is 161 Å². The summed E-state index contributed by atoms with van der Waals surface area (Å²) in [5, 5.41) is 10.3. The molecule has 2 heterocycles. The van der Waals surface area contributed by atoms with Crippen molar-refractivity contribution in [1.29, 1.82) is 0 Å². The van der Waals surface area contributed by atoms with E-state index in [-0.39, 0.29) is 36.5 Å². The van der Waals surface area contributed by atoms with E-state index in [0.717, 1.165) is 18.4 Å². The summed E-state index contributed by atoms with van der Waals surface area (Å²) >= 11 is 0. The largest absolute Gasteiger partial charge is 0.491 e. The van der Waals surface area contributed by atoms with Crippen LogP contribution < -0.4 is 4.74 Å². The minimum atomic E-state index is -0.916. The first-order valence-electron chi connectivity index (χ1n) is 9.72. The number of piperidine rings is 1. The van der Waals surface area contributed by atoms with E-state index >= 15 is 0 Å². The van der Waals surface area contributed by atoms with Crippen LogP contribution in [0.15, 0.2) is 18.2 Å². The van der Waals surface area contributed by atoms with Crippen molar-refractivity contribution in [3.8, 4) is 5.75 Å². The third kappa shape index (κ3) is 4.10. The van der Waals surface area contributed by atoms with Crippen LogP contribution in [0.2, 0.25) is 0 Å². The number of aliphatic hydroxyl groups is 1. The summed E-state index contributed by atoms with van der Waals surface area (Å²) in [6.07, 6.45) is 1.69. The molecule has 0 aliphatic carbocycles. The lowest BCUT2D eigenvalue weighted by Crippen LogP contribution is -2.40. The number of β-amino-alcohol motifs (C(OH)–C–C–N with tert-alkyl or cyclic N) is 1. The highest BCUT2D eigenvalue weighted by Gasteiger charge is 2.46. The number of ether oxygens (including phenoxy) is 1. The first-order chi connectivity index (χ1) is 12.7. The molecule has 2 atom stereocenters. The molecule has 2 saturated heterocycles. The Morgan fingerprint density at radius 1 is 1.26 bits per heavy atom. The fourth-order valence-corrected chi connectivity index (χ4v) is 3.74. The van der Waals surface area contributed by atoms with Crippen molar-refractivity contribution in [1.82, 2.24) is 9.80 Å². The highest BCUT2D eigenvalue weighted by molar-refractivity contribution is 6.04. The van der Waals surface area contributed by atoms with E-state index in [4.69, 9.17) is 4.74 Å². The summed E-state index contributed by atoms with van der Waals surface area (Å²) in [6.45, 7) is 9.08. The number of urea groups is 1. The maximum atomic E-state index is 12.5. The number of carbonyl (C=O) groups is 2. The van der Waals surface area contributed by atoms with E-state index in [1.165, 1.54) is 10.5 Å². The molecule has 0 aromatic heterocycles. The van der Waals surface area contributed by atoms with Crippen molar-refractivity contribution in [3.05, 3.63) is 29.3 Å². The van der Waals surface area contributed by atoms with Gasteiger partial charge in [-0.1, -0.05) is 32.9 Å². The predicted molar refractivity (Wildman–Crippen MR) is 103 cm³/mol. The molecule has 0 spiro atoms. The number of amides is 3. The molecule has 6 heteroatoms. The maximum Gasteiger partial charge on any atom is 0.327 e. The molecule has 3 rings (SSSR count). The van der Waals surface area contributed by atoms with Gasteiger partial charge >= 0.3 is 6.03 Å². The van der Waals surface area contributed by atoms with Crippen molar-refractivity contribution in [2.45, 2.75) is 64.5 Å². The number of nitrogens with zero attached hydrogens (tertiary/aromatic N) is 2. The topological polar surface area (TPSA) is 70.1 Å². The fourth-order valence-electron chi connectivity index (χ4n) is 3.74. The van der Waals surface area contributed by atoms with Crippen LogP contribution in [-0.4, -0.2) is 58.7 Å². The molecule has 2 aliphatic rings. The molecule has 0 saturated carbocycles. The first-order valence-corrected chi connectivity index (χ1v) is 9.72. The molecular formula is C21H30N2O4. The summed E-state index contributed by atoms with van der Waals surface area (Å²) in [6, 6.07) is 5.41. The van der Waals surface area contributed by atoms with Gasteiger partial charge in [0.1, 0.15) is 24.5 Å². The summed E-state index contributed by atoms with van der Waals surface area (Å²) in [7, 11) is 0. The van der Waals surface area contributed by atoms with E-state index < -0.39 is 6.10 Å². The van der Waals surface area contributed by atoms with Gasteiger partial charge in [0.2, 0.25) is 0 Å². The zero-order valence-corrected chi connectivity index (χ0v) is 16.7. The van der Waals surface area contributed by atoms with E-state index in [0.29, 0.717) is 18.7 Å². The molecular weight excluding hydrogens is 344 g/mol. The number of aryl methyl sites for hydroxylation is 1. The van der Waals surface area contributed by atoms with Crippen molar-refractivity contribution in [2.24, 2.45) is 0 Å². The SMILES string of the molecule is Cc1cc(C(C)(C)C)ccc1OC[C@H](O)CN1C(=O)[C@H]2CCCCN2C1=O. The zero-order chi connectivity index (χ0) is 19.8. The monoisotopic (exact) mass is 374 g/mol. The van der Waals surface area contributed by atoms with Gasteiger partial charge in [0.05, 0.1) is 6.54 Å². The van der Waals surface area contributed by atoms with Crippen molar-refractivity contribution < 1.29 is 19.4 Å². The Kier molecular flexibility index (Phi) is 5.47. The Bertz CT molecular complexity index is 701. The summed E-state index contributed by atoms with van der Waals surface area (Å²) in [5.41, 5.74) is 2.28. The average molecular weight is 374 g/mol. The van der Waals surface area contributed by atoms with Gasteiger partial charge in [-0.05, 0) is 48.8 Å². The molecule has 1 aromatic carbocycles. The number of carbonyl (C=O) groups excluding carboxylic acids is 2. The van der Waals surface area contributed by atoms with Crippen LogP contribution in [0.1, 0.15) is 51.2 Å². The Morgan fingerprint density at radius 3 is 2.63 bits per heavy atom. The minimum Gasteiger partial charge on any atom is -0.491 e. The van der Waals surface area contributed by atoms with E-state index in [9.17, 15) is 14.7 Å². The Balaban J connectivity index is 1.58. The molecule has 2 aliphatic heterocycles. The molecule has 0 unspecified atom stereocenters. The minimum absolute atomic E-state index is 0.0240. The van der Waals surface area contributed by atoms with Crippen molar-refractivity contribution in [2.75, 3.05) is 19.7 Å². The lowest BCUT2D eigenvalue weighted by molar-refractivity contribution is -0.129. The van der Waals surface area contributed by atoms with Crippen LogP contribution in [0.4, 0.5) is 4.79 Å². The lowest BCUT2D eigenvalue weighted by Gasteiger charge is -2.26. The third-order valence-electron chi connectivity index (χ3n) is 5.40. The van der Waals surface area contributed by atoms with Crippen LogP contribution >= 0.6 is 0 Å². The molecule has 148 valence electrons. The number of fused-ring (bicyclic) bond motifs is 1. The van der Waals surface area contributed by atoms with Gasteiger partial charge in [-0.2, -0.15) is 0 Å². The zero-order valence-electron chi connectivity index (χ0n) is 16.7. The van der Waals surface area contributed by atoms with E-state index in [1.807, 2.05) is 19.1 Å². The lowest BCUT2D eigenvalue weighted by atomic mass is 9.86. The van der Waals surface area contributed by atoms with Gasteiger partial charge in [0.15, 0.2) is 0 Å². The number of benzene rings is 1. The third-order valence-corrected chi connectivity index (χ3v) is 5.40. The van der Waals surface area contributed by atoms with Crippen LogP contribution in [-0.2, 0) is 10.2 Å². The molecule has 0 bridgehead atoms. The number of aliphatic hydroxyl groups excluding tert-OH is 1. The van der Waals surface area contributed by atoms with Gasteiger partial charge < -0.3 is 14.7 Å². The second-order valence-corrected chi connectivity index (χ2v) is 8.63. The molecule has 1 aromatic rings. The van der Waals surface area contributed by atoms with E-state index in [1.54, 1.807) is 4.90 Å². The fraction of sp³-hybridized carbons (Fsp3) is 0.619. The number of hydrogen-bond acceptors (Lipinski definition) is 4. The second-order valence-electron chi connectivity index (χ2n) is 8.63. The molecule has 2 fully saturated rings. The summed E-state index contributed by atoms with van der Waals surface area (Å²) in [5.74, 6) is 0.517. The second kappa shape index (κ2) is 7.50. The number of hydrogen-bond donors (Lipinski definition) is 1. The van der Waals surface area contributed by atoms with Gasteiger partial charge in [-0.25, -0.2) is 4.79 Å². The smallest absolute Gasteiger partial charge is 0.327 e. The van der Waals surface area contributed by atoms with Crippen LogP contribution in [0.5, 0.6) is 5.75 Å². The molecule has 27 heavy (non-hydrogen) atoms. The van der Waals surface area contributed by atoms with Crippen molar-refractivity contribution in [3.63, 3.8) is 0 Å². The Hall–Kier alpha value is -2.08. The van der Waals surface area contributed by atoms with Crippen LogP contribution in [0, 0.1) is 6.92 Å². The highest BCUT2D eigenvalue weighted by atomic mass is 16.5. The van der Waals surface area contributed by atoms with Gasteiger partial charge in [0, 0.05) is 6.54 Å². The quantitative estimate of drug-likeness (QED) is 0.805. The average Bonchev–Trinajstić information content (AvgIpc) is 2.85. The van der Waals surface area contributed by atoms with Crippen molar-refractivity contribution >= 4 is 11.9 Å². The van der Waals surface area contributed by atoms with Gasteiger partial charge in [-0.15, -0.1) is 0 Å². The first kappa shape index (κ1) is 19.7. The van der Waals surface area contributed by atoms with Gasteiger partial charge in [0.25, 0.3) is 5.91 Å². The predicted octanol–water partition coefficient (Wildman–Crippen LogP) is 2.85. The standard InChI is InChI=1S/C21H30N2O4/c1-14-11-15(21(2,3)4)8-9-18(14)27-13-16(24)12-23-19(25)17-7-5-6-10-22(17)20(23)26/h8-9,11,16-17,24H,5-7,10,12-13H2,1-4H3/t16-,17-/m1/s1. The molecule has 1 N–H and O–H groups in total. The normalized spacial score (nSPS) is 21.4. The van der Waals surface area contributed by atoms with E-state index in [2.05, 4.69) is 26.8 Å². The van der Waals surface area contributed by atoms with Crippen LogP contribution in [0.25, 0.3) is 0 Å². The summed E-state index contributed by atoms with van der Waals surface area (Å²) < 4.78 is 5.75. The Morgan fingerprint density at radius 2 is 2.00 bits per heavy atom. The highest BCUT2D eigenvalue weighted by Crippen LogP contribution is 2.28.